The second-order valence-electron chi connectivity index (χ2n) is 6.01. The quantitative estimate of drug-likeness (QED) is 0.770. The summed E-state index contributed by atoms with van der Waals surface area (Å²) in [6, 6.07) is 29.0. The van der Waals surface area contributed by atoms with E-state index in [2.05, 4.69) is 0 Å². The summed E-state index contributed by atoms with van der Waals surface area (Å²) in [4.78, 5) is 0. The van der Waals surface area contributed by atoms with E-state index in [0.29, 0.717) is 0 Å². The van der Waals surface area contributed by atoms with Gasteiger partial charge in [0.05, 0.1) is 5.54 Å². The maximum Gasteiger partial charge on any atom is 0.136 e. The van der Waals surface area contributed by atoms with Gasteiger partial charge in [-0.3, -0.25) is 0 Å². The highest BCUT2D eigenvalue weighted by molar-refractivity contribution is 5.44. The summed E-state index contributed by atoms with van der Waals surface area (Å²) in [5, 5.41) is 11.8. The van der Waals surface area contributed by atoms with Gasteiger partial charge in [0.2, 0.25) is 0 Å². The summed E-state index contributed by atoms with van der Waals surface area (Å²) in [5.74, 6) is 0. The Morgan fingerprint density at radius 3 is 1.26 bits per heavy atom. The molecule has 0 aromatic heterocycles. The van der Waals surface area contributed by atoms with Gasteiger partial charge < -0.3 is 10.8 Å². The predicted octanol–water partition coefficient (Wildman–Crippen LogP) is 3.80. The first-order chi connectivity index (χ1) is 11.1. The highest BCUT2D eigenvalue weighted by Gasteiger charge is 2.48. The summed E-state index contributed by atoms with van der Waals surface area (Å²) in [6.07, 6.45) is 0. The Labute approximate surface area is 137 Å². The molecule has 0 fully saturated rings. The Morgan fingerprint density at radius 2 is 0.913 bits per heavy atom. The molecule has 0 amide bonds. The number of benzene rings is 3. The lowest BCUT2D eigenvalue weighted by Gasteiger charge is -2.43. The third-order valence-electron chi connectivity index (χ3n) is 4.51. The molecule has 0 saturated carbocycles. The molecule has 0 unspecified atom stereocenters. The lowest BCUT2D eigenvalue weighted by molar-refractivity contribution is 0.00216. The Balaban J connectivity index is 2.25. The molecule has 0 spiro atoms. The number of aliphatic hydroxyl groups is 1. The van der Waals surface area contributed by atoms with Crippen LogP contribution in [0.5, 0.6) is 0 Å². The fourth-order valence-electron chi connectivity index (χ4n) is 3.12. The lowest BCUT2D eigenvalue weighted by Crippen LogP contribution is -2.54. The molecule has 0 aliphatic rings. The average Bonchev–Trinajstić information content (AvgIpc) is 2.63. The van der Waals surface area contributed by atoms with Crippen LogP contribution in [0.1, 0.15) is 23.6 Å². The number of hydrogen-bond acceptors (Lipinski definition) is 2. The van der Waals surface area contributed by atoms with Gasteiger partial charge in [-0.15, -0.1) is 0 Å². The fraction of sp³-hybridized carbons (Fsp3) is 0.143. The van der Waals surface area contributed by atoms with Crippen LogP contribution in [-0.4, -0.2) is 5.11 Å². The molecule has 3 aromatic rings. The largest absolute Gasteiger partial charge is 0.378 e. The molecule has 3 aromatic carbocycles. The van der Waals surface area contributed by atoms with Gasteiger partial charge in [-0.2, -0.15) is 0 Å². The van der Waals surface area contributed by atoms with Crippen LogP contribution in [0.2, 0.25) is 0 Å². The number of hydrogen-bond donors (Lipinski definition) is 2. The van der Waals surface area contributed by atoms with Gasteiger partial charge in [-0.05, 0) is 23.6 Å². The van der Waals surface area contributed by atoms with E-state index in [-0.39, 0.29) is 0 Å². The molecule has 2 heteroatoms. The van der Waals surface area contributed by atoms with E-state index in [1.54, 1.807) is 0 Å². The topological polar surface area (TPSA) is 46.2 Å². The summed E-state index contributed by atoms with van der Waals surface area (Å²) in [6.45, 7) is 1.88. The van der Waals surface area contributed by atoms with Gasteiger partial charge in [0.25, 0.3) is 0 Å². The smallest absolute Gasteiger partial charge is 0.136 e. The molecule has 3 rings (SSSR count). The molecule has 0 aliphatic carbocycles. The minimum absolute atomic E-state index is 0.778. The fourth-order valence-corrected chi connectivity index (χ4v) is 3.12. The van der Waals surface area contributed by atoms with Gasteiger partial charge in [0.15, 0.2) is 0 Å². The molecule has 0 radical (unpaired) electrons. The van der Waals surface area contributed by atoms with Crippen molar-refractivity contribution in [2.75, 3.05) is 0 Å². The molecule has 116 valence electrons. The van der Waals surface area contributed by atoms with Crippen LogP contribution >= 0.6 is 0 Å². The summed E-state index contributed by atoms with van der Waals surface area (Å²) in [5.41, 5.74) is 6.85. The molecular formula is C21H21NO. The molecule has 2 nitrogen and oxygen atoms in total. The van der Waals surface area contributed by atoms with Gasteiger partial charge in [-0.1, -0.05) is 91.0 Å². The summed E-state index contributed by atoms with van der Waals surface area (Å²) >= 11 is 0. The van der Waals surface area contributed by atoms with E-state index in [1.165, 1.54) is 0 Å². The van der Waals surface area contributed by atoms with Crippen molar-refractivity contribution in [1.29, 1.82) is 0 Å². The Bertz CT molecular complexity index is 712. The third kappa shape index (κ3) is 2.56. The minimum Gasteiger partial charge on any atom is -0.378 e. The minimum atomic E-state index is -1.34. The molecule has 0 saturated heterocycles. The first kappa shape index (κ1) is 15.5. The van der Waals surface area contributed by atoms with E-state index in [4.69, 9.17) is 5.73 Å². The van der Waals surface area contributed by atoms with Crippen LogP contribution in [-0.2, 0) is 11.1 Å². The van der Waals surface area contributed by atoms with Gasteiger partial charge in [0, 0.05) is 0 Å². The van der Waals surface area contributed by atoms with Crippen molar-refractivity contribution in [3.8, 4) is 0 Å². The zero-order chi connectivity index (χ0) is 16.3. The highest BCUT2D eigenvalue weighted by atomic mass is 16.3. The molecule has 0 aliphatic heterocycles. The summed E-state index contributed by atoms with van der Waals surface area (Å²) in [7, 11) is 0. The molecular weight excluding hydrogens is 282 g/mol. The van der Waals surface area contributed by atoms with E-state index in [9.17, 15) is 5.11 Å². The van der Waals surface area contributed by atoms with Crippen LogP contribution in [0.4, 0.5) is 0 Å². The van der Waals surface area contributed by atoms with Crippen molar-refractivity contribution in [3.05, 3.63) is 108 Å². The maximum absolute atomic E-state index is 11.8. The highest BCUT2D eigenvalue weighted by Crippen LogP contribution is 2.43. The van der Waals surface area contributed by atoms with Crippen molar-refractivity contribution in [3.63, 3.8) is 0 Å². The van der Waals surface area contributed by atoms with Gasteiger partial charge in [-0.25, -0.2) is 0 Å². The van der Waals surface area contributed by atoms with E-state index in [1.807, 2.05) is 97.9 Å². The molecule has 0 heterocycles. The zero-order valence-electron chi connectivity index (χ0n) is 13.2. The SMILES string of the molecule is C[C@](N)(c1ccccc1)C(O)(c1ccccc1)c1ccccc1. The van der Waals surface area contributed by atoms with Crippen LogP contribution in [0.15, 0.2) is 91.0 Å². The van der Waals surface area contributed by atoms with Crippen LogP contribution in [0.3, 0.4) is 0 Å². The average molecular weight is 303 g/mol. The van der Waals surface area contributed by atoms with Gasteiger partial charge in [0.1, 0.15) is 5.60 Å². The van der Waals surface area contributed by atoms with Crippen molar-refractivity contribution < 1.29 is 5.11 Å². The predicted molar refractivity (Wildman–Crippen MR) is 93.9 cm³/mol. The number of nitrogens with two attached hydrogens (primary N) is 1. The molecule has 23 heavy (non-hydrogen) atoms. The van der Waals surface area contributed by atoms with Crippen LogP contribution in [0.25, 0.3) is 0 Å². The normalized spacial score (nSPS) is 14.2. The third-order valence-corrected chi connectivity index (χ3v) is 4.51. The van der Waals surface area contributed by atoms with E-state index in [0.717, 1.165) is 16.7 Å². The van der Waals surface area contributed by atoms with Crippen molar-refractivity contribution >= 4 is 0 Å². The lowest BCUT2D eigenvalue weighted by atomic mass is 9.69. The maximum atomic E-state index is 11.8. The van der Waals surface area contributed by atoms with Gasteiger partial charge >= 0.3 is 0 Å². The zero-order valence-corrected chi connectivity index (χ0v) is 13.2. The second kappa shape index (κ2) is 5.99. The molecule has 1 atom stereocenters. The first-order valence-electron chi connectivity index (χ1n) is 7.74. The standard InChI is InChI=1S/C21H21NO/c1-20(22,17-11-5-2-6-12-17)21(23,18-13-7-3-8-14-18)19-15-9-4-10-16-19/h2-16,23H,22H2,1H3/t20-/m0/s1. The Kier molecular flexibility index (Phi) is 4.03. The molecule has 3 N–H and O–H groups in total. The van der Waals surface area contributed by atoms with Crippen molar-refractivity contribution in [2.45, 2.75) is 18.1 Å². The second-order valence-corrected chi connectivity index (χ2v) is 6.01. The Hall–Kier alpha value is -2.42. The van der Waals surface area contributed by atoms with Crippen molar-refractivity contribution in [2.24, 2.45) is 5.73 Å². The monoisotopic (exact) mass is 303 g/mol. The first-order valence-corrected chi connectivity index (χ1v) is 7.74. The van der Waals surface area contributed by atoms with Crippen LogP contribution in [0, 0.1) is 0 Å². The van der Waals surface area contributed by atoms with Crippen molar-refractivity contribution in [1.82, 2.24) is 0 Å². The van der Waals surface area contributed by atoms with E-state index < -0.39 is 11.1 Å². The molecule has 0 bridgehead atoms. The Morgan fingerprint density at radius 1 is 0.609 bits per heavy atom. The number of rotatable bonds is 4. The van der Waals surface area contributed by atoms with Crippen LogP contribution < -0.4 is 5.73 Å². The van der Waals surface area contributed by atoms with E-state index >= 15 is 0 Å². The summed E-state index contributed by atoms with van der Waals surface area (Å²) < 4.78 is 0.